The van der Waals surface area contributed by atoms with Gasteiger partial charge < -0.3 is 0 Å². The molecule has 0 radical (unpaired) electrons. The Labute approximate surface area is 71.4 Å². The normalized spacial score (nSPS) is 9.09. The minimum atomic E-state index is 0.285. The number of nitrogens with two attached hydrogens (primary N) is 1. The SMILES string of the molecule is C[Se]c1cc(N)cnc1C#N. The molecule has 0 unspecified atom stereocenters. The van der Waals surface area contributed by atoms with Crippen molar-refractivity contribution < 1.29 is 0 Å². The molecule has 0 aliphatic carbocycles. The number of pyridine rings is 1. The molecule has 0 aliphatic heterocycles. The molecule has 4 heteroatoms. The van der Waals surface area contributed by atoms with E-state index in [2.05, 4.69) is 4.98 Å². The number of anilines is 1. The second-order valence-corrected chi connectivity index (χ2v) is 3.71. The summed E-state index contributed by atoms with van der Waals surface area (Å²) in [5.74, 6) is 2.03. The molecule has 0 saturated heterocycles. The molecule has 0 amide bonds. The first-order chi connectivity index (χ1) is 5.27. The number of nitrogens with zero attached hydrogens (tertiary/aromatic N) is 2. The van der Waals surface area contributed by atoms with Crippen LogP contribution in [0.2, 0.25) is 5.82 Å². The van der Waals surface area contributed by atoms with Crippen molar-refractivity contribution >= 4 is 25.1 Å². The van der Waals surface area contributed by atoms with Gasteiger partial charge in [-0.15, -0.1) is 0 Å². The predicted molar refractivity (Wildman–Crippen MR) is 44.6 cm³/mol. The zero-order valence-corrected chi connectivity index (χ0v) is 7.75. The molecule has 0 bridgehead atoms. The van der Waals surface area contributed by atoms with Gasteiger partial charge in [0.1, 0.15) is 0 Å². The molecule has 0 aliphatic rings. The molecule has 0 atom stereocenters. The van der Waals surface area contributed by atoms with Crippen LogP contribution < -0.4 is 10.2 Å². The molecular formula is C7H7N3Se. The predicted octanol–water partition coefficient (Wildman–Crippen LogP) is -0.0869. The van der Waals surface area contributed by atoms with Gasteiger partial charge in [0.15, 0.2) is 0 Å². The molecular weight excluding hydrogens is 205 g/mol. The van der Waals surface area contributed by atoms with Crippen LogP contribution in [0.4, 0.5) is 5.69 Å². The number of nitriles is 1. The third kappa shape index (κ3) is 1.70. The third-order valence-electron chi connectivity index (χ3n) is 1.20. The number of rotatable bonds is 1. The van der Waals surface area contributed by atoms with Crippen molar-refractivity contribution in [2.45, 2.75) is 5.82 Å². The average Bonchev–Trinajstić information content (AvgIpc) is 2.04. The minimum absolute atomic E-state index is 0.285. The van der Waals surface area contributed by atoms with Crippen LogP contribution in [-0.2, 0) is 0 Å². The monoisotopic (exact) mass is 213 g/mol. The summed E-state index contributed by atoms with van der Waals surface area (Å²) in [7, 11) is 0. The van der Waals surface area contributed by atoms with Crippen molar-refractivity contribution in [1.29, 1.82) is 5.26 Å². The van der Waals surface area contributed by atoms with E-state index in [4.69, 9.17) is 11.0 Å². The number of aromatic nitrogens is 1. The Bertz CT molecular complexity index is 303. The maximum atomic E-state index is 8.60. The van der Waals surface area contributed by atoms with Gasteiger partial charge in [-0.2, -0.15) is 0 Å². The van der Waals surface area contributed by atoms with Gasteiger partial charge in [-0.1, -0.05) is 0 Å². The molecule has 1 aromatic rings. The summed E-state index contributed by atoms with van der Waals surface area (Å²) in [6, 6.07) is 3.83. The van der Waals surface area contributed by atoms with E-state index < -0.39 is 0 Å². The van der Waals surface area contributed by atoms with Gasteiger partial charge in [0.2, 0.25) is 0 Å². The molecule has 2 N–H and O–H groups in total. The molecule has 56 valence electrons. The van der Waals surface area contributed by atoms with E-state index in [1.165, 1.54) is 6.20 Å². The first kappa shape index (κ1) is 8.06. The van der Waals surface area contributed by atoms with Gasteiger partial charge in [0.05, 0.1) is 0 Å². The fourth-order valence-electron chi connectivity index (χ4n) is 0.699. The molecule has 1 aromatic heterocycles. The quantitative estimate of drug-likeness (QED) is 0.662. The Morgan fingerprint density at radius 2 is 2.45 bits per heavy atom. The van der Waals surface area contributed by atoms with Crippen LogP contribution in [0.5, 0.6) is 0 Å². The van der Waals surface area contributed by atoms with Crippen molar-refractivity contribution in [2.24, 2.45) is 0 Å². The number of hydrogen-bond acceptors (Lipinski definition) is 3. The van der Waals surface area contributed by atoms with Crippen molar-refractivity contribution in [3.05, 3.63) is 18.0 Å². The fraction of sp³-hybridized carbons (Fsp3) is 0.143. The first-order valence-corrected chi connectivity index (χ1v) is 5.54. The number of hydrogen-bond donors (Lipinski definition) is 1. The van der Waals surface area contributed by atoms with E-state index in [0.29, 0.717) is 11.4 Å². The summed E-state index contributed by atoms with van der Waals surface area (Å²) in [5, 5.41) is 8.60. The van der Waals surface area contributed by atoms with Gasteiger partial charge in [-0.05, 0) is 0 Å². The number of nitrogen functional groups attached to an aromatic ring is 1. The summed E-state index contributed by atoms with van der Waals surface area (Å²) < 4.78 is 0.972. The van der Waals surface area contributed by atoms with Gasteiger partial charge in [-0.3, -0.25) is 0 Å². The zero-order valence-electron chi connectivity index (χ0n) is 6.03. The topological polar surface area (TPSA) is 62.7 Å². The fourth-order valence-corrected chi connectivity index (χ4v) is 1.84. The van der Waals surface area contributed by atoms with Crippen molar-refractivity contribution in [1.82, 2.24) is 4.98 Å². The Balaban J connectivity index is 3.19. The molecule has 11 heavy (non-hydrogen) atoms. The van der Waals surface area contributed by atoms with Crippen LogP contribution in [0, 0.1) is 11.3 Å². The van der Waals surface area contributed by atoms with E-state index in [-0.39, 0.29) is 15.0 Å². The van der Waals surface area contributed by atoms with E-state index in [9.17, 15) is 0 Å². The molecule has 0 saturated carbocycles. The molecule has 3 nitrogen and oxygen atoms in total. The van der Waals surface area contributed by atoms with Crippen molar-refractivity contribution in [3.63, 3.8) is 0 Å². The summed E-state index contributed by atoms with van der Waals surface area (Å²) in [6.07, 6.45) is 1.51. The summed E-state index contributed by atoms with van der Waals surface area (Å²) in [5.41, 5.74) is 6.62. The van der Waals surface area contributed by atoms with E-state index >= 15 is 0 Å². The molecule has 0 spiro atoms. The zero-order chi connectivity index (χ0) is 8.27. The van der Waals surface area contributed by atoms with Crippen LogP contribution >= 0.6 is 0 Å². The second kappa shape index (κ2) is 3.38. The molecule has 1 heterocycles. The Kier molecular flexibility index (Phi) is 2.48. The molecule has 0 aromatic carbocycles. The second-order valence-electron chi connectivity index (χ2n) is 1.93. The molecule has 1 rings (SSSR count). The van der Waals surface area contributed by atoms with E-state index in [1.54, 1.807) is 0 Å². The van der Waals surface area contributed by atoms with Crippen LogP contribution in [0.25, 0.3) is 0 Å². The van der Waals surface area contributed by atoms with E-state index in [1.807, 2.05) is 18.0 Å². The van der Waals surface area contributed by atoms with Gasteiger partial charge in [-0.25, -0.2) is 0 Å². The van der Waals surface area contributed by atoms with Gasteiger partial charge in [0.25, 0.3) is 0 Å². The Morgan fingerprint density at radius 1 is 1.73 bits per heavy atom. The average molecular weight is 212 g/mol. The Morgan fingerprint density at radius 3 is 3.00 bits per heavy atom. The summed E-state index contributed by atoms with van der Waals surface area (Å²) >= 11 is 0.285. The Hall–Kier alpha value is -1.04. The maximum absolute atomic E-state index is 8.60. The van der Waals surface area contributed by atoms with E-state index in [0.717, 1.165) is 4.46 Å². The third-order valence-corrected chi connectivity index (χ3v) is 2.78. The van der Waals surface area contributed by atoms with Crippen molar-refractivity contribution in [2.75, 3.05) is 5.73 Å². The summed E-state index contributed by atoms with van der Waals surface area (Å²) in [4.78, 5) is 3.90. The summed E-state index contributed by atoms with van der Waals surface area (Å²) in [6.45, 7) is 0. The first-order valence-electron chi connectivity index (χ1n) is 2.97. The van der Waals surface area contributed by atoms with Crippen LogP contribution in [-0.4, -0.2) is 19.9 Å². The van der Waals surface area contributed by atoms with Gasteiger partial charge >= 0.3 is 70.9 Å². The van der Waals surface area contributed by atoms with Crippen LogP contribution in [0.15, 0.2) is 12.3 Å². The van der Waals surface area contributed by atoms with Gasteiger partial charge in [0, 0.05) is 0 Å². The van der Waals surface area contributed by atoms with Crippen molar-refractivity contribution in [3.8, 4) is 6.07 Å². The van der Waals surface area contributed by atoms with Crippen LogP contribution in [0.3, 0.4) is 0 Å². The van der Waals surface area contributed by atoms with Crippen LogP contribution in [0.1, 0.15) is 5.69 Å². The standard InChI is InChI=1S/C7H7N3Se/c1-11-7-2-5(9)4-10-6(7)3-8/h2,4H,9H2,1H3. The molecule has 0 fully saturated rings.